The van der Waals surface area contributed by atoms with Gasteiger partial charge in [-0.3, -0.25) is 20.2 Å². The van der Waals surface area contributed by atoms with Crippen molar-refractivity contribution < 1.29 is 14.4 Å². The number of allylic oxidation sites excluding steroid dienone is 2. The minimum Gasteiger partial charge on any atom is -0.273 e. The number of urea groups is 1. The smallest absolute Gasteiger partial charge is 0.273 e. The lowest BCUT2D eigenvalue weighted by molar-refractivity contribution is -0.124. The van der Waals surface area contributed by atoms with Crippen molar-refractivity contribution in [3.8, 4) is 0 Å². The summed E-state index contributed by atoms with van der Waals surface area (Å²) in [6.07, 6.45) is 4.60. The van der Waals surface area contributed by atoms with Gasteiger partial charge in [0.1, 0.15) is 5.57 Å². The Morgan fingerprint density at radius 2 is 1.53 bits per heavy atom. The zero-order valence-corrected chi connectivity index (χ0v) is 10.4. The molecule has 0 aromatic heterocycles. The SMILES string of the molecule is O=C1NC(=O)C(=C/C=C/c2ccc(Cl)cc2)C(=O)N1. The summed E-state index contributed by atoms with van der Waals surface area (Å²) in [4.78, 5) is 33.6. The molecule has 1 aromatic carbocycles. The molecule has 2 N–H and O–H groups in total. The minimum atomic E-state index is -0.811. The minimum absolute atomic E-state index is 0.121. The molecule has 0 aliphatic carbocycles. The van der Waals surface area contributed by atoms with Crippen molar-refractivity contribution in [1.82, 2.24) is 10.6 Å². The van der Waals surface area contributed by atoms with E-state index in [0.717, 1.165) is 5.56 Å². The summed E-state index contributed by atoms with van der Waals surface area (Å²) in [6, 6.07) is 6.23. The molecule has 0 saturated carbocycles. The highest BCUT2D eigenvalue weighted by Gasteiger charge is 2.26. The summed E-state index contributed by atoms with van der Waals surface area (Å²) in [5.74, 6) is -1.43. The second kappa shape index (κ2) is 5.49. The molecule has 1 aromatic rings. The number of benzene rings is 1. The van der Waals surface area contributed by atoms with Gasteiger partial charge in [0.2, 0.25) is 0 Å². The first-order chi connectivity index (χ1) is 9.06. The number of amides is 4. The normalized spacial score (nSPS) is 15.4. The molecule has 0 spiro atoms. The van der Waals surface area contributed by atoms with Crippen LogP contribution in [0.3, 0.4) is 0 Å². The summed E-state index contributed by atoms with van der Waals surface area (Å²) in [5.41, 5.74) is 0.749. The number of carbonyl (C=O) groups is 3. The Balaban J connectivity index is 2.13. The highest BCUT2D eigenvalue weighted by atomic mass is 35.5. The fourth-order valence-electron chi connectivity index (χ4n) is 1.46. The van der Waals surface area contributed by atoms with Crippen molar-refractivity contribution in [1.29, 1.82) is 0 Å². The molecule has 19 heavy (non-hydrogen) atoms. The van der Waals surface area contributed by atoms with Crippen LogP contribution in [0.4, 0.5) is 4.79 Å². The van der Waals surface area contributed by atoms with Gasteiger partial charge in [-0.25, -0.2) is 4.79 Å². The molecule has 0 atom stereocenters. The van der Waals surface area contributed by atoms with Gasteiger partial charge < -0.3 is 0 Å². The summed E-state index contributed by atoms with van der Waals surface area (Å²) >= 11 is 5.75. The number of nitrogens with one attached hydrogen (secondary N) is 2. The fourth-order valence-corrected chi connectivity index (χ4v) is 1.58. The molecule has 0 bridgehead atoms. The van der Waals surface area contributed by atoms with Crippen LogP contribution in [0.15, 0.2) is 42.0 Å². The molecule has 1 aliphatic heterocycles. The standard InChI is InChI=1S/C13H9ClN2O3/c14-9-6-4-8(5-7-9)2-1-3-10-11(17)15-13(19)16-12(10)18/h1-7H,(H2,15,16,17,18,19)/b2-1+. The van der Waals surface area contributed by atoms with E-state index in [1.807, 2.05) is 10.6 Å². The maximum atomic E-state index is 11.4. The lowest BCUT2D eigenvalue weighted by Crippen LogP contribution is -2.51. The summed E-state index contributed by atoms with van der Waals surface area (Å²) in [7, 11) is 0. The van der Waals surface area contributed by atoms with Crippen LogP contribution in [-0.2, 0) is 9.59 Å². The second-order valence-electron chi connectivity index (χ2n) is 3.73. The average molecular weight is 277 g/mol. The Hall–Kier alpha value is -2.40. The molecule has 1 heterocycles. The molecule has 96 valence electrons. The molecule has 1 fully saturated rings. The first kappa shape index (κ1) is 13.0. The lowest BCUT2D eigenvalue weighted by Gasteiger charge is -2.12. The van der Waals surface area contributed by atoms with Crippen molar-refractivity contribution in [2.24, 2.45) is 0 Å². The van der Waals surface area contributed by atoms with E-state index >= 15 is 0 Å². The first-order valence-corrected chi connectivity index (χ1v) is 5.74. The Kier molecular flexibility index (Phi) is 3.77. The van der Waals surface area contributed by atoms with Gasteiger partial charge in [-0.05, 0) is 23.8 Å². The van der Waals surface area contributed by atoms with Crippen molar-refractivity contribution in [2.45, 2.75) is 0 Å². The van der Waals surface area contributed by atoms with E-state index in [-0.39, 0.29) is 5.57 Å². The Morgan fingerprint density at radius 1 is 0.947 bits per heavy atom. The van der Waals surface area contributed by atoms with E-state index < -0.39 is 17.8 Å². The average Bonchev–Trinajstić information content (AvgIpc) is 2.34. The Labute approximate surface area is 113 Å². The Morgan fingerprint density at radius 3 is 2.11 bits per heavy atom. The van der Waals surface area contributed by atoms with Gasteiger partial charge in [-0.2, -0.15) is 0 Å². The van der Waals surface area contributed by atoms with Crippen LogP contribution in [0.25, 0.3) is 6.08 Å². The van der Waals surface area contributed by atoms with Gasteiger partial charge in [-0.15, -0.1) is 0 Å². The largest absolute Gasteiger partial charge is 0.328 e. The van der Waals surface area contributed by atoms with E-state index in [1.165, 1.54) is 6.08 Å². The molecular weight excluding hydrogens is 268 g/mol. The number of halogens is 1. The quantitative estimate of drug-likeness (QED) is 0.637. The number of rotatable bonds is 2. The molecule has 4 amide bonds. The number of hydrogen-bond acceptors (Lipinski definition) is 3. The molecule has 6 heteroatoms. The maximum Gasteiger partial charge on any atom is 0.328 e. The molecular formula is C13H9ClN2O3. The van der Waals surface area contributed by atoms with Crippen LogP contribution in [-0.4, -0.2) is 17.8 Å². The first-order valence-electron chi connectivity index (χ1n) is 5.37. The fraction of sp³-hybridized carbons (Fsp3) is 0. The van der Waals surface area contributed by atoms with Gasteiger partial charge in [0.25, 0.3) is 11.8 Å². The second-order valence-corrected chi connectivity index (χ2v) is 4.16. The predicted octanol–water partition coefficient (Wildman–Crippen LogP) is 1.65. The number of carbonyl (C=O) groups excluding carboxylic acids is 3. The third-order valence-corrected chi connectivity index (χ3v) is 2.62. The van der Waals surface area contributed by atoms with Crippen LogP contribution in [0.2, 0.25) is 5.02 Å². The van der Waals surface area contributed by atoms with Gasteiger partial charge in [0.15, 0.2) is 0 Å². The van der Waals surface area contributed by atoms with E-state index in [2.05, 4.69) is 0 Å². The van der Waals surface area contributed by atoms with Crippen molar-refractivity contribution >= 4 is 35.5 Å². The van der Waals surface area contributed by atoms with E-state index in [4.69, 9.17) is 11.6 Å². The molecule has 0 radical (unpaired) electrons. The summed E-state index contributed by atoms with van der Waals surface area (Å²) in [5, 5.41) is 4.60. The van der Waals surface area contributed by atoms with E-state index in [9.17, 15) is 14.4 Å². The highest BCUT2D eigenvalue weighted by Crippen LogP contribution is 2.11. The zero-order chi connectivity index (χ0) is 13.8. The van der Waals surface area contributed by atoms with Gasteiger partial charge in [0.05, 0.1) is 0 Å². The van der Waals surface area contributed by atoms with Crippen molar-refractivity contribution in [2.75, 3.05) is 0 Å². The zero-order valence-electron chi connectivity index (χ0n) is 9.64. The Bertz CT molecular complexity index is 581. The topological polar surface area (TPSA) is 75.3 Å². The van der Waals surface area contributed by atoms with Gasteiger partial charge >= 0.3 is 6.03 Å². The number of imide groups is 2. The van der Waals surface area contributed by atoms with Crippen LogP contribution in [0.1, 0.15) is 5.56 Å². The molecule has 5 nitrogen and oxygen atoms in total. The van der Waals surface area contributed by atoms with Crippen LogP contribution < -0.4 is 10.6 Å². The molecule has 1 saturated heterocycles. The molecule has 0 unspecified atom stereocenters. The van der Waals surface area contributed by atoms with Gasteiger partial charge in [-0.1, -0.05) is 35.9 Å². The van der Waals surface area contributed by atoms with Crippen molar-refractivity contribution in [3.05, 3.63) is 52.6 Å². The highest BCUT2D eigenvalue weighted by molar-refractivity contribution is 6.30. The summed E-state index contributed by atoms with van der Waals surface area (Å²) in [6.45, 7) is 0. The van der Waals surface area contributed by atoms with Gasteiger partial charge in [0, 0.05) is 5.02 Å². The maximum absolute atomic E-state index is 11.4. The van der Waals surface area contributed by atoms with Crippen molar-refractivity contribution in [3.63, 3.8) is 0 Å². The van der Waals surface area contributed by atoms with Crippen LogP contribution in [0, 0.1) is 0 Å². The third kappa shape index (κ3) is 3.29. The van der Waals surface area contributed by atoms with E-state index in [1.54, 1.807) is 36.4 Å². The van der Waals surface area contributed by atoms with E-state index in [0.29, 0.717) is 5.02 Å². The summed E-state index contributed by atoms with van der Waals surface area (Å²) < 4.78 is 0. The monoisotopic (exact) mass is 276 g/mol. The number of hydrogen-bond donors (Lipinski definition) is 2. The van der Waals surface area contributed by atoms with Crippen LogP contribution >= 0.6 is 11.6 Å². The predicted molar refractivity (Wildman–Crippen MR) is 70.3 cm³/mol. The lowest BCUT2D eigenvalue weighted by atomic mass is 10.1. The molecule has 1 aliphatic rings. The van der Waals surface area contributed by atoms with Crippen LogP contribution in [0.5, 0.6) is 0 Å². The molecule has 2 rings (SSSR count). The number of barbiturate groups is 1. The third-order valence-electron chi connectivity index (χ3n) is 2.36.